The standard InChI is InChI=1S/C40H42N4O7.2ClH/c1-23-34(37(40(50)51)42-36(23)35(24(2)46)39(42)49)27-6-10-30-31(20-27)29-9-5-26(19-32(29)38(30)48)21-43-12-15-44(16-13-43,17-14-43)22-33(47)41-28-7-3-25(4-8-28)11-18-45;;/h3-10,19-20,23-24,35-36,45-46H,11-18,21-22H2,1-2H3;2*1H/t23-,24+,35+,36+,43?,44?;;/m0../s1. The van der Waals surface area contributed by atoms with E-state index in [4.69, 9.17) is 5.11 Å². The highest BCUT2D eigenvalue weighted by atomic mass is 35.5. The molecule has 2 bridgehead atoms. The minimum Gasteiger partial charge on any atom is -1.00 e. The van der Waals surface area contributed by atoms with E-state index in [2.05, 4.69) is 11.4 Å². The van der Waals surface area contributed by atoms with E-state index >= 15 is 0 Å². The number of nitrogens with one attached hydrogen (secondary N) is 1. The largest absolute Gasteiger partial charge is 1.00 e. The van der Waals surface area contributed by atoms with Crippen LogP contribution in [0.1, 0.15) is 46.5 Å². The van der Waals surface area contributed by atoms with Crippen molar-refractivity contribution in [3.05, 3.63) is 94.2 Å². The maximum atomic E-state index is 13.7. The average molecular weight is 764 g/mol. The Kier molecular flexibility index (Phi) is 10.4. The van der Waals surface area contributed by atoms with Crippen LogP contribution in [0.4, 0.5) is 5.69 Å². The summed E-state index contributed by atoms with van der Waals surface area (Å²) in [6.45, 7) is 10.5. The number of piperazine rings is 3. The summed E-state index contributed by atoms with van der Waals surface area (Å²) < 4.78 is 1.73. The van der Waals surface area contributed by atoms with Gasteiger partial charge in [-0.15, -0.1) is 0 Å². The first-order valence-corrected chi connectivity index (χ1v) is 17.9. The van der Waals surface area contributed by atoms with Crippen molar-refractivity contribution in [1.29, 1.82) is 0 Å². The van der Waals surface area contributed by atoms with E-state index in [0.717, 1.165) is 82.7 Å². The monoisotopic (exact) mass is 762 g/mol. The van der Waals surface area contributed by atoms with Crippen molar-refractivity contribution in [3.8, 4) is 11.1 Å². The number of quaternary nitrogens is 2. The average Bonchev–Trinajstić information content (AvgIpc) is 3.53. The molecule has 5 aliphatic heterocycles. The molecule has 6 aliphatic rings. The lowest BCUT2D eigenvalue weighted by Crippen LogP contribution is -3.00. The number of ketones is 1. The van der Waals surface area contributed by atoms with Gasteiger partial charge in [0.05, 0.1) is 18.1 Å². The SMILES string of the molecule is C[C@@H](O)[C@H]1C(=O)N2C(C(=O)O)=C(c3ccc4c(c3)-c3ccc(C[N+]56CC[N+](CC(=O)Nc7ccc(CCO)cc7)(CC5)CC6)cc3C4=O)[C@H](C)[C@H]12.[Cl-].[Cl-]. The van der Waals surface area contributed by atoms with E-state index in [1.165, 1.54) is 4.90 Å². The smallest absolute Gasteiger partial charge is 0.352 e. The van der Waals surface area contributed by atoms with Gasteiger partial charge in [-0.3, -0.25) is 14.4 Å². The van der Waals surface area contributed by atoms with Gasteiger partial charge in [-0.05, 0) is 71.5 Å². The molecule has 9 rings (SSSR count). The number of carbonyl (C=O) groups is 4. The second-order valence-electron chi connectivity index (χ2n) is 15.4. The number of anilines is 1. The number of hydrogen-bond donors (Lipinski definition) is 4. The number of aliphatic carboxylic acids is 1. The van der Waals surface area contributed by atoms with E-state index < -0.39 is 24.0 Å². The van der Waals surface area contributed by atoms with Crippen LogP contribution in [0.25, 0.3) is 16.7 Å². The normalized spacial score (nSPS) is 26.9. The molecule has 280 valence electrons. The van der Waals surface area contributed by atoms with Crippen LogP contribution in [0.5, 0.6) is 0 Å². The highest BCUT2D eigenvalue weighted by molar-refractivity contribution is 6.22. The van der Waals surface area contributed by atoms with Gasteiger partial charge < -0.3 is 59.3 Å². The van der Waals surface area contributed by atoms with Gasteiger partial charge in [-0.2, -0.15) is 0 Å². The highest BCUT2D eigenvalue weighted by Gasteiger charge is 2.60. The summed E-state index contributed by atoms with van der Waals surface area (Å²) in [7, 11) is 0. The van der Waals surface area contributed by atoms with E-state index in [9.17, 15) is 29.4 Å². The molecule has 4 atom stereocenters. The third-order valence-corrected chi connectivity index (χ3v) is 12.3. The predicted molar refractivity (Wildman–Crippen MR) is 189 cm³/mol. The third-order valence-electron chi connectivity index (χ3n) is 12.3. The number of β-lactam (4-membered cyclic amide) rings is 1. The second-order valence-corrected chi connectivity index (χ2v) is 15.4. The number of aliphatic hydroxyl groups is 2. The number of halogens is 2. The van der Waals surface area contributed by atoms with Crippen molar-refractivity contribution < 1.29 is 68.3 Å². The summed E-state index contributed by atoms with van der Waals surface area (Å²) in [6, 6.07) is 18.8. The van der Waals surface area contributed by atoms with Crippen LogP contribution < -0.4 is 30.1 Å². The number of carboxylic acids is 1. The molecule has 0 saturated carbocycles. The lowest BCUT2D eigenvalue weighted by molar-refractivity contribution is -1.08. The maximum absolute atomic E-state index is 13.7. The quantitative estimate of drug-likeness (QED) is 0.0991. The molecule has 5 heterocycles. The molecule has 13 heteroatoms. The molecule has 0 spiro atoms. The lowest BCUT2D eigenvalue weighted by Gasteiger charge is -2.55. The van der Waals surface area contributed by atoms with Gasteiger partial charge in [-0.25, -0.2) is 4.79 Å². The number of carbonyl (C=O) groups excluding carboxylic acids is 3. The van der Waals surface area contributed by atoms with Gasteiger partial charge in [0.15, 0.2) is 12.3 Å². The van der Waals surface area contributed by atoms with Crippen molar-refractivity contribution in [2.45, 2.75) is 39.0 Å². The highest BCUT2D eigenvalue weighted by Crippen LogP contribution is 2.51. The summed E-state index contributed by atoms with van der Waals surface area (Å²) in [5, 5.41) is 32.6. The number of amides is 2. The van der Waals surface area contributed by atoms with Gasteiger partial charge in [0, 0.05) is 34.9 Å². The van der Waals surface area contributed by atoms with Crippen molar-refractivity contribution in [2.75, 3.05) is 57.7 Å². The molecule has 2 amide bonds. The van der Waals surface area contributed by atoms with Crippen molar-refractivity contribution in [3.63, 3.8) is 0 Å². The molecule has 4 fully saturated rings. The zero-order chi connectivity index (χ0) is 35.8. The van der Waals surface area contributed by atoms with Crippen LogP contribution in [0.2, 0.25) is 0 Å². The Balaban J connectivity index is 0.00000240. The molecule has 4 saturated heterocycles. The summed E-state index contributed by atoms with van der Waals surface area (Å²) in [5.41, 5.74) is 6.91. The molecule has 1 aliphatic carbocycles. The molecule has 53 heavy (non-hydrogen) atoms. The molecule has 11 nitrogen and oxygen atoms in total. The third kappa shape index (κ3) is 6.37. The first-order chi connectivity index (χ1) is 24.4. The fourth-order valence-electron chi connectivity index (χ4n) is 9.54. The number of fused-ring (bicyclic) bond motifs is 7. The minimum absolute atomic E-state index is 0. The van der Waals surface area contributed by atoms with E-state index in [1.807, 2.05) is 49.4 Å². The van der Waals surface area contributed by atoms with Gasteiger partial charge >= 0.3 is 5.97 Å². The first kappa shape index (κ1) is 38.6. The maximum Gasteiger partial charge on any atom is 0.352 e. The number of carboxylic acid groups (broad SMARTS) is 1. The Morgan fingerprint density at radius 1 is 0.849 bits per heavy atom. The van der Waals surface area contributed by atoms with Gasteiger partial charge in [0.25, 0.3) is 5.91 Å². The molecular formula is C40H44Cl2N4O7. The molecular weight excluding hydrogens is 719 g/mol. The Bertz CT molecular complexity index is 2010. The Morgan fingerprint density at radius 3 is 2.09 bits per heavy atom. The van der Waals surface area contributed by atoms with Crippen LogP contribution in [-0.4, -0.2) is 117 Å². The summed E-state index contributed by atoms with van der Waals surface area (Å²) in [6.07, 6.45) is -0.285. The van der Waals surface area contributed by atoms with Gasteiger partial charge in [0.2, 0.25) is 5.91 Å². The zero-order valence-electron chi connectivity index (χ0n) is 29.7. The summed E-state index contributed by atoms with van der Waals surface area (Å²) >= 11 is 0. The minimum atomic E-state index is -1.18. The van der Waals surface area contributed by atoms with E-state index in [-0.39, 0.29) is 60.6 Å². The number of benzene rings is 3. The second kappa shape index (κ2) is 14.3. The lowest BCUT2D eigenvalue weighted by atomic mass is 9.76. The Hall–Kier alpha value is -4.10. The van der Waals surface area contributed by atoms with E-state index in [0.29, 0.717) is 35.2 Å². The van der Waals surface area contributed by atoms with E-state index in [1.54, 1.807) is 19.1 Å². The Labute approximate surface area is 320 Å². The first-order valence-electron chi connectivity index (χ1n) is 17.9. The van der Waals surface area contributed by atoms with Crippen LogP contribution in [0.15, 0.2) is 66.4 Å². The number of rotatable bonds is 10. The molecule has 0 radical (unpaired) electrons. The number of nitrogens with zero attached hydrogens (tertiary/aromatic N) is 3. The molecule has 0 unspecified atom stereocenters. The van der Waals surface area contributed by atoms with Gasteiger partial charge in [-0.1, -0.05) is 37.3 Å². The Morgan fingerprint density at radius 2 is 1.47 bits per heavy atom. The van der Waals surface area contributed by atoms with Crippen molar-refractivity contribution in [2.24, 2.45) is 11.8 Å². The van der Waals surface area contributed by atoms with Gasteiger partial charge in [0.1, 0.15) is 51.5 Å². The number of aliphatic hydroxyl groups excluding tert-OH is 2. The molecule has 3 aromatic rings. The summed E-state index contributed by atoms with van der Waals surface area (Å²) in [4.78, 5) is 53.4. The molecule has 0 aromatic heterocycles. The zero-order valence-corrected chi connectivity index (χ0v) is 31.2. The molecule has 3 aromatic carbocycles. The molecule has 4 N–H and O–H groups in total. The fourth-order valence-corrected chi connectivity index (χ4v) is 9.54. The van der Waals surface area contributed by atoms with Crippen LogP contribution in [0.3, 0.4) is 0 Å². The van der Waals surface area contributed by atoms with Crippen molar-refractivity contribution >= 4 is 34.8 Å². The topological polar surface area (TPSA) is 144 Å². The van der Waals surface area contributed by atoms with Crippen LogP contribution in [-0.2, 0) is 27.3 Å². The fraction of sp³-hybridized carbons (Fsp3) is 0.400. The van der Waals surface area contributed by atoms with Crippen molar-refractivity contribution in [1.82, 2.24) is 4.90 Å². The van der Waals surface area contributed by atoms with Crippen LogP contribution in [0, 0.1) is 11.8 Å². The summed E-state index contributed by atoms with van der Waals surface area (Å²) in [5.74, 6) is -2.51. The predicted octanol–water partition coefficient (Wildman–Crippen LogP) is -3.11. The van der Waals surface area contributed by atoms with Crippen LogP contribution >= 0.6 is 0 Å². The number of hydrogen-bond acceptors (Lipinski definition) is 6.